The fraction of sp³-hybridized carbons (Fsp3) is 0.533. The Bertz CT molecular complexity index is 453. The maximum atomic E-state index is 11.7. The van der Waals surface area contributed by atoms with Gasteiger partial charge in [0.1, 0.15) is 11.4 Å². The van der Waals surface area contributed by atoms with E-state index in [1.165, 1.54) is 0 Å². The van der Waals surface area contributed by atoms with Crippen molar-refractivity contribution in [3.05, 3.63) is 23.8 Å². The van der Waals surface area contributed by atoms with E-state index in [0.717, 1.165) is 24.8 Å². The Hall–Kier alpha value is -1.75. The quantitative estimate of drug-likeness (QED) is 0.571. The van der Waals surface area contributed by atoms with Gasteiger partial charge in [0.15, 0.2) is 0 Å². The lowest BCUT2D eigenvalue weighted by atomic mass is 10.1. The number of aryl methyl sites for hydroxylation is 1. The molecule has 1 aromatic carbocycles. The van der Waals surface area contributed by atoms with Crippen LogP contribution in [-0.4, -0.2) is 23.3 Å². The van der Waals surface area contributed by atoms with Crippen molar-refractivity contribution in [3.63, 3.8) is 0 Å². The van der Waals surface area contributed by atoms with E-state index in [2.05, 4.69) is 5.32 Å². The molecule has 112 valence electrons. The number of unbranched alkanes of at least 4 members (excludes halogenated alkanes) is 1. The normalized spacial score (nSPS) is 11.2. The van der Waals surface area contributed by atoms with Gasteiger partial charge in [0.2, 0.25) is 0 Å². The zero-order valence-electron chi connectivity index (χ0n) is 12.4. The van der Waals surface area contributed by atoms with Crippen LogP contribution in [-0.2, 0) is 11.2 Å². The van der Waals surface area contributed by atoms with Gasteiger partial charge in [0, 0.05) is 5.69 Å². The van der Waals surface area contributed by atoms with E-state index in [0.29, 0.717) is 12.2 Å². The van der Waals surface area contributed by atoms with Gasteiger partial charge in [-0.05, 0) is 70.3 Å². The van der Waals surface area contributed by atoms with Crippen LogP contribution in [0.25, 0.3) is 0 Å². The average Bonchev–Trinajstić information content (AvgIpc) is 2.31. The summed E-state index contributed by atoms with van der Waals surface area (Å²) < 4.78 is 5.18. The van der Waals surface area contributed by atoms with Gasteiger partial charge in [0.05, 0.1) is 0 Å². The molecule has 0 atom stereocenters. The van der Waals surface area contributed by atoms with E-state index >= 15 is 0 Å². The van der Waals surface area contributed by atoms with Crippen molar-refractivity contribution in [1.82, 2.24) is 0 Å². The largest absolute Gasteiger partial charge is 0.508 e. The van der Waals surface area contributed by atoms with Crippen LogP contribution in [0.4, 0.5) is 10.5 Å². The molecule has 1 amide bonds. The molecule has 1 aromatic rings. The molecule has 0 unspecified atom stereocenters. The molecule has 20 heavy (non-hydrogen) atoms. The van der Waals surface area contributed by atoms with Gasteiger partial charge >= 0.3 is 6.09 Å². The third kappa shape index (κ3) is 5.93. The summed E-state index contributed by atoms with van der Waals surface area (Å²) in [5.41, 5.74) is 6.32. The molecular formula is C15H24N2O3. The van der Waals surface area contributed by atoms with Gasteiger partial charge in [-0.1, -0.05) is 0 Å². The summed E-state index contributed by atoms with van der Waals surface area (Å²) in [6.45, 7) is 6.06. The maximum Gasteiger partial charge on any atom is 0.412 e. The van der Waals surface area contributed by atoms with Crippen LogP contribution in [0, 0.1) is 0 Å². The van der Waals surface area contributed by atoms with Crippen molar-refractivity contribution in [2.24, 2.45) is 5.73 Å². The van der Waals surface area contributed by atoms with E-state index in [-0.39, 0.29) is 5.75 Å². The minimum atomic E-state index is -0.537. The summed E-state index contributed by atoms with van der Waals surface area (Å²) in [7, 11) is 0. The second-order valence-corrected chi connectivity index (χ2v) is 5.72. The highest BCUT2D eigenvalue weighted by molar-refractivity contribution is 5.85. The van der Waals surface area contributed by atoms with Crippen LogP contribution >= 0.6 is 0 Å². The summed E-state index contributed by atoms with van der Waals surface area (Å²) in [6, 6.07) is 4.98. The van der Waals surface area contributed by atoms with Crippen LogP contribution < -0.4 is 11.1 Å². The van der Waals surface area contributed by atoms with Crippen molar-refractivity contribution in [2.75, 3.05) is 11.9 Å². The van der Waals surface area contributed by atoms with Crippen LogP contribution in [0.15, 0.2) is 18.2 Å². The highest BCUT2D eigenvalue weighted by atomic mass is 16.6. The Balaban J connectivity index is 2.67. The maximum absolute atomic E-state index is 11.7. The minimum absolute atomic E-state index is 0.233. The zero-order valence-corrected chi connectivity index (χ0v) is 12.4. The number of anilines is 1. The number of phenolic OH excluding ortho intramolecular Hbond substituents is 1. The van der Waals surface area contributed by atoms with Crippen molar-refractivity contribution < 1.29 is 14.6 Å². The molecule has 0 bridgehead atoms. The molecule has 0 spiro atoms. The van der Waals surface area contributed by atoms with Crippen LogP contribution in [0.2, 0.25) is 0 Å². The Kier molecular flexibility index (Phi) is 5.82. The lowest BCUT2D eigenvalue weighted by Gasteiger charge is -2.20. The summed E-state index contributed by atoms with van der Waals surface area (Å²) in [4.78, 5) is 11.7. The summed E-state index contributed by atoms with van der Waals surface area (Å²) in [6.07, 6.45) is 2.03. The number of ether oxygens (including phenoxy) is 1. The minimum Gasteiger partial charge on any atom is -0.508 e. The van der Waals surface area contributed by atoms with Gasteiger partial charge in [-0.25, -0.2) is 4.79 Å². The van der Waals surface area contributed by atoms with Gasteiger partial charge in [-0.15, -0.1) is 0 Å². The topological polar surface area (TPSA) is 84.6 Å². The first-order chi connectivity index (χ1) is 9.31. The molecule has 0 aliphatic heterocycles. The number of rotatable bonds is 5. The first-order valence-corrected chi connectivity index (χ1v) is 6.84. The monoisotopic (exact) mass is 280 g/mol. The van der Waals surface area contributed by atoms with Gasteiger partial charge < -0.3 is 15.6 Å². The third-order valence-electron chi connectivity index (χ3n) is 2.63. The molecular weight excluding hydrogens is 256 g/mol. The first-order valence-electron chi connectivity index (χ1n) is 6.84. The molecule has 0 radical (unpaired) electrons. The van der Waals surface area contributed by atoms with Crippen molar-refractivity contribution >= 4 is 11.8 Å². The molecule has 5 nitrogen and oxygen atoms in total. The molecule has 0 saturated heterocycles. The molecule has 0 aliphatic rings. The van der Waals surface area contributed by atoms with Crippen LogP contribution in [0.1, 0.15) is 39.2 Å². The average molecular weight is 280 g/mol. The van der Waals surface area contributed by atoms with E-state index in [9.17, 15) is 9.90 Å². The number of carbonyl (C=O) groups excluding carboxylic acids is 1. The van der Waals surface area contributed by atoms with Gasteiger partial charge in [0.25, 0.3) is 0 Å². The fourth-order valence-corrected chi connectivity index (χ4v) is 1.74. The van der Waals surface area contributed by atoms with E-state index in [1.54, 1.807) is 18.2 Å². The van der Waals surface area contributed by atoms with E-state index in [1.807, 2.05) is 20.8 Å². The molecule has 0 saturated carbocycles. The number of aromatic hydroxyl groups is 1. The highest BCUT2D eigenvalue weighted by Crippen LogP contribution is 2.23. The summed E-state index contributed by atoms with van der Waals surface area (Å²) in [5, 5.41) is 12.4. The Labute approximate surface area is 120 Å². The van der Waals surface area contributed by atoms with Gasteiger partial charge in [-0.3, -0.25) is 5.32 Å². The Morgan fingerprint density at radius 3 is 2.65 bits per heavy atom. The zero-order chi connectivity index (χ0) is 15.2. The summed E-state index contributed by atoms with van der Waals surface area (Å²) >= 11 is 0. The molecule has 0 aliphatic carbocycles. The van der Waals surface area contributed by atoms with E-state index < -0.39 is 11.7 Å². The molecule has 0 fully saturated rings. The number of hydrogen-bond acceptors (Lipinski definition) is 4. The highest BCUT2D eigenvalue weighted by Gasteiger charge is 2.16. The van der Waals surface area contributed by atoms with E-state index in [4.69, 9.17) is 10.5 Å². The van der Waals surface area contributed by atoms with Gasteiger partial charge in [-0.2, -0.15) is 0 Å². The molecule has 0 heterocycles. The number of hydrogen-bond donors (Lipinski definition) is 3. The number of benzene rings is 1. The second-order valence-electron chi connectivity index (χ2n) is 5.72. The Morgan fingerprint density at radius 1 is 1.35 bits per heavy atom. The number of nitrogens with two attached hydrogens (primary N) is 1. The third-order valence-corrected chi connectivity index (χ3v) is 2.63. The SMILES string of the molecule is CC(C)(C)OC(=O)Nc1ccc(O)c(CCCCN)c1. The van der Waals surface area contributed by atoms with Crippen molar-refractivity contribution in [3.8, 4) is 5.75 Å². The number of carbonyl (C=O) groups is 1. The predicted molar refractivity (Wildman–Crippen MR) is 80.0 cm³/mol. The molecule has 4 N–H and O–H groups in total. The molecule has 5 heteroatoms. The molecule has 1 rings (SSSR count). The van der Waals surface area contributed by atoms with Crippen molar-refractivity contribution in [2.45, 2.75) is 45.6 Å². The Morgan fingerprint density at radius 2 is 2.05 bits per heavy atom. The number of amides is 1. The lowest BCUT2D eigenvalue weighted by Crippen LogP contribution is -2.27. The number of phenols is 1. The standard InChI is InChI=1S/C15H24N2O3/c1-15(2,3)20-14(19)17-12-7-8-13(18)11(10-12)6-4-5-9-16/h7-8,10,18H,4-6,9,16H2,1-3H3,(H,17,19). The summed E-state index contributed by atoms with van der Waals surface area (Å²) in [5.74, 6) is 0.233. The first kappa shape index (κ1) is 16.3. The lowest BCUT2D eigenvalue weighted by molar-refractivity contribution is 0.0636. The van der Waals surface area contributed by atoms with Crippen molar-refractivity contribution in [1.29, 1.82) is 0 Å². The van der Waals surface area contributed by atoms with Crippen LogP contribution in [0.3, 0.4) is 0 Å². The fourth-order valence-electron chi connectivity index (χ4n) is 1.74. The van der Waals surface area contributed by atoms with Crippen LogP contribution in [0.5, 0.6) is 5.75 Å². The molecule has 0 aromatic heterocycles. The second kappa shape index (κ2) is 7.14. The predicted octanol–water partition coefficient (Wildman–Crippen LogP) is 3.02. The number of nitrogens with one attached hydrogen (secondary N) is 1. The smallest absolute Gasteiger partial charge is 0.412 e.